The van der Waals surface area contributed by atoms with Gasteiger partial charge in [0, 0.05) is 50.9 Å². The zero-order valence-corrected chi connectivity index (χ0v) is 21.4. The summed E-state index contributed by atoms with van der Waals surface area (Å²) in [6.45, 7) is 4.65. The van der Waals surface area contributed by atoms with Gasteiger partial charge in [0.15, 0.2) is 0 Å². The molecule has 0 bridgehead atoms. The summed E-state index contributed by atoms with van der Waals surface area (Å²) in [5, 5.41) is 18.5. The van der Waals surface area contributed by atoms with Gasteiger partial charge in [-0.1, -0.05) is 18.2 Å². The Balaban J connectivity index is 1.81. The highest BCUT2D eigenvalue weighted by Crippen LogP contribution is 2.44. The van der Waals surface area contributed by atoms with Crippen LogP contribution in [0.2, 0.25) is 0 Å². The van der Waals surface area contributed by atoms with Gasteiger partial charge in [-0.15, -0.1) is 0 Å². The molecule has 1 aromatic rings. The van der Waals surface area contributed by atoms with E-state index in [1.165, 1.54) is 12.8 Å². The van der Waals surface area contributed by atoms with E-state index in [0.717, 1.165) is 56.4 Å². The van der Waals surface area contributed by atoms with Crippen LogP contribution >= 0.6 is 0 Å². The van der Waals surface area contributed by atoms with Crippen molar-refractivity contribution >= 4 is 6.03 Å². The highest BCUT2D eigenvalue weighted by molar-refractivity contribution is 5.74. The fourth-order valence-electron chi connectivity index (χ4n) is 5.52. The molecule has 3 rings (SSSR count). The largest absolute Gasteiger partial charge is 0.490 e. The van der Waals surface area contributed by atoms with Gasteiger partial charge in [-0.25, -0.2) is 4.79 Å². The normalized spacial score (nSPS) is 21.8. The van der Waals surface area contributed by atoms with Crippen LogP contribution in [0.4, 0.5) is 4.79 Å². The third kappa shape index (κ3) is 7.09. The van der Waals surface area contributed by atoms with E-state index in [9.17, 15) is 9.90 Å². The number of urea groups is 1. The smallest absolute Gasteiger partial charge is 0.317 e. The Morgan fingerprint density at radius 1 is 1.21 bits per heavy atom. The molecule has 0 spiro atoms. The van der Waals surface area contributed by atoms with Crippen molar-refractivity contribution in [1.82, 2.24) is 15.5 Å². The zero-order chi connectivity index (χ0) is 24.4. The Morgan fingerprint density at radius 3 is 2.71 bits per heavy atom. The number of amides is 2. The lowest BCUT2D eigenvalue weighted by molar-refractivity contribution is -0.0585. The summed E-state index contributed by atoms with van der Waals surface area (Å²) in [7, 11) is 3.60. The number of nitrogens with zero attached hydrogens (tertiary/aromatic N) is 1. The second-order valence-corrected chi connectivity index (χ2v) is 10.1. The molecule has 3 atom stereocenters. The molecule has 3 N–H and O–H groups in total. The predicted octanol–water partition coefficient (Wildman–Crippen LogP) is 4.04. The van der Waals surface area contributed by atoms with Crippen LogP contribution in [-0.2, 0) is 10.3 Å². The number of hydrogen-bond acceptors (Lipinski definition) is 5. The van der Waals surface area contributed by atoms with E-state index in [1.807, 2.05) is 43.1 Å². The van der Waals surface area contributed by atoms with Gasteiger partial charge in [-0.2, -0.15) is 0 Å². The number of piperidine rings is 1. The molecule has 7 heteroatoms. The van der Waals surface area contributed by atoms with Gasteiger partial charge in [0.2, 0.25) is 0 Å². The molecule has 1 heterocycles. The van der Waals surface area contributed by atoms with E-state index in [-0.39, 0.29) is 24.1 Å². The number of para-hydroxylation sites is 1. The average molecular weight is 476 g/mol. The number of rotatable bonds is 12. The minimum absolute atomic E-state index is 0.0475. The molecule has 0 aromatic heterocycles. The van der Waals surface area contributed by atoms with E-state index in [2.05, 4.69) is 10.6 Å². The second-order valence-electron chi connectivity index (χ2n) is 10.1. The summed E-state index contributed by atoms with van der Waals surface area (Å²) in [5.41, 5.74) is -0.187. The fourth-order valence-corrected chi connectivity index (χ4v) is 5.52. The maximum absolute atomic E-state index is 13.0. The van der Waals surface area contributed by atoms with Gasteiger partial charge in [0.25, 0.3) is 0 Å². The molecule has 192 valence electrons. The monoisotopic (exact) mass is 475 g/mol. The lowest BCUT2D eigenvalue weighted by atomic mass is 9.73. The quantitative estimate of drug-likeness (QED) is 0.398. The summed E-state index contributed by atoms with van der Waals surface area (Å²) in [6, 6.07) is 8.00. The molecule has 1 unspecified atom stereocenters. The number of hydrogen-bond donors (Lipinski definition) is 3. The standard InChI is InChI=1S/C27H45N3O4/c1-21(19-28-2)29-26(31)30-17-10-11-22(20-30)27(32,16-8-9-18-33-3)24-14-6-7-15-25(24)34-23-12-4-5-13-23/h6-7,14-15,21-23,28,32H,4-5,8-13,16-20H2,1-3H3,(H,29,31)/t21-,22+,27?/m0/s1. The Hall–Kier alpha value is -1.83. The lowest BCUT2D eigenvalue weighted by Crippen LogP contribution is -2.53. The third-order valence-electron chi connectivity index (χ3n) is 7.37. The lowest BCUT2D eigenvalue weighted by Gasteiger charge is -2.43. The van der Waals surface area contributed by atoms with Crippen LogP contribution in [0, 0.1) is 5.92 Å². The maximum Gasteiger partial charge on any atom is 0.317 e. The Bertz CT molecular complexity index is 755. The summed E-state index contributed by atoms with van der Waals surface area (Å²) in [4.78, 5) is 14.8. The van der Waals surface area contributed by atoms with Gasteiger partial charge in [0.1, 0.15) is 5.75 Å². The first-order valence-electron chi connectivity index (χ1n) is 13.2. The van der Waals surface area contributed by atoms with Crippen molar-refractivity contribution in [1.29, 1.82) is 0 Å². The number of aliphatic hydroxyl groups is 1. The molecular weight excluding hydrogens is 430 g/mol. The summed E-state index contributed by atoms with van der Waals surface area (Å²) >= 11 is 0. The molecule has 34 heavy (non-hydrogen) atoms. The SMILES string of the molecule is CNC[C@H](C)NC(=O)N1CCC[C@@H](C(O)(CCCCOC)c2ccccc2OC2CCCC2)C1. The first kappa shape index (κ1) is 26.8. The molecule has 2 aliphatic rings. The molecule has 1 saturated heterocycles. The predicted molar refractivity (Wildman–Crippen MR) is 135 cm³/mol. The number of unbranched alkanes of at least 4 members (excludes halogenated alkanes) is 1. The van der Waals surface area contributed by atoms with Crippen molar-refractivity contribution in [3.63, 3.8) is 0 Å². The highest BCUT2D eigenvalue weighted by Gasteiger charge is 2.43. The minimum atomic E-state index is -1.06. The van der Waals surface area contributed by atoms with E-state index in [4.69, 9.17) is 9.47 Å². The second kappa shape index (κ2) is 13.3. The number of likely N-dealkylation sites (tertiary alicyclic amines) is 1. The Morgan fingerprint density at radius 2 is 1.97 bits per heavy atom. The minimum Gasteiger partial charge on any atom is -0.490 e. The molecule has 2 amide bonds. The van der Waals surface area contributed by atoms with Crippen LogP contribution < -0.4 is 15.4 Å². The molecule has 1 aromatic carbocycles. The van der Waals surface area contributed by atoms with Crippen molar-refractivity contribution in [2.75, 3.05) is 40.4 Å². The number of likely N-dealkylation sites (N-methyl/N-ethyl adjacent to an activating group) is 1. The number of ether oxygens (including phenoxy) is 2. The van der Waals surface area contributed by atoms with Crippen LogP contribution in [0.25, 0.3) is 0 Å². The van der Waals surface area contributed by atoms with Crippen LogP contribution in [0.5, 0.6) is 5.75 Å². The van der Waals surface area contributed by atoms with Crippen molar-refractivity contribution in [2.24, 2.45) is 5.92 Å². The number of carbonyl (C=O) groups excluding carboxylic acids is 1. The summed E-state index contributed by atoms with van der Waals surface area (Å²) in [6.07, 6.45) is 8.90. The Kier molecular flexibility index (Phi) is 10.5. The number of benzene rings is 1. The summed E-state index contributed by atoms with van der Waals surface area (Å²) in [5.74, 6) is 0.746. The molecule has 7 nitrogen and oxygen atoms in total. The zero-order valence-electron chi connectivity index (χ0n) is 21.4. The Labute approximate surface area is 205 Å². The van der Waals surface area contributed by atoms with Crippen LogP contribution in [-0.4, -0.2) is 68.6 Å². The fraction of sp³-hybridized carbons (Fsp3) is 0.741. The number of carbonyl (C=O) groups is 1. The molecular formula is C27H45N3O4. The first-order chi connectivity index (χ1) is 16.5. The topological polar surface area (TPSA) is 83.1 Å². The van der Waals surface area contributed by atoms with E-state index in [0.29, 0.717) is 26.1 Å². The van der Waals surface area contributed by atoms with Crippen LogP contribution in [0.15, 0.2) is 24.3 Å². The maximum atomic E-state index is 13.0. The van der Waals surface area contributed by atoms with Gasteiger partial charge in [-0.3, -0.25) is 0 Å². The van der Waals surface area contributed by atoms with E-state index >= 15 is 0 Å². The molecule has 2 fully saturated rings. The van der Waals surface area contributed by atoms with Crippen molar-refractivity contribution < 1.29 is 19.4 Å². The van der Waals surface area contributed by atoms with Crippen LogP contribution in [0.3, 0.4) is 0 Å². The van der Waals surface area contributed by atoms with E-state index in [1.54, 1.807) is 7.11 Å². The highest BCUT2D eigenvalue weighted by atomic mass is 16.5. The van der Waals surface area contributed by atoms with Crippen molar-refractivity contribution in [3.05, 3.63) is 29.8 Å². The van der Waals surface area contributed by atoms with Crippen molar-refractivity contribution in [2.45, 2.75) is 82.5 Å². The van der Waals surface area contributed by atoms with Gasteiger partial charge in [0.05, 0.1) is 11.7 Å². The molecule has 1 aliphatic heterocycles. The number of nitrogens with one attached hydrogen (secondary N) is 2. The van der Waals surface area contributed by atoms with E-state index < -0.39 is 5.60 Å². The van der Waals surface area contributed by atoms with Crippen molar-refractivity contribution in [3.8, 4) is 5.75 Å². The average Bonchev–Trinajstić information content (AvgIpc) is 3.35. The van der Waals surface area contributed by atoms with Gasteiger partial charge >= 0.3 is 6.03 Å². The molecule has 1 aliphatic carbocycles. The van der Waals surface area contributed by atoms with Crippen LogP contribution in [0.1, 0.15) is 70.3 Å². The van der Waals surface area contributed by atoms with Gasteiger partial charge in [-0.05, 0) is 77.8 Å². The molecule has 0 radical (unpaired) electrons. The third-order valence-corrected chi connectivity index (χ3v) is 7.37. The number of methoxy groups -OCH3 is 1. The molecule has 1 saturated carbocycles. The van der Waals surface area contributed by atoms with Gasteiger partial charge < -0.3 is 30.1 Å². The first-order valence-corrected chi connectivity index (χ1v) is 13.2. The summed E-state index contributed by atoms with van der Waals surface area (Å²) < 4.78 is 11.7.